The Hall–Kier alpha value is -1.98. The number of carbonyl (C=O) groups is 2. The summed E-state index contributed by atoms with van der Waals surface area (Å²) in [6.45, 7) is 1.17. The molecule has 12 heteroatoms. The van der Waals surface area contributed by atoms with Crippen molar-refractivity contribution >= 4 is 36.2 Å². The molecule has 0 saturated carbocycles. The van der Waals surface area contributed by atoms with Gasteiger partial charge in [0.15, 0.2) is 0 Å². The monoisotopic (exact) mass is 407 g/mol. The average molecular weight is 408 g/mol. The molecule has 0 bridgehead atoms. The SMILES string of the molecule is CC(NC(=O)CNC(=O)[C@@H]1CCN1c1ccc(Cl)cc1C(F)(F)F)B(O)O. The number of carbonyl (C=O) groups excluding carboxylic acids is 2. The van der Waals surface area contributed by atoms with Gasteiger partial charge >= 0.3 is 13.3 Å². The fourth-order valence-electron chi connectivity index (χ4n) is 2.60. The van der Waals surface area contributed by atoms with Gasteiger partial charge in [0.05, 0.1) is 18.0 Å². The Morgan fingerprint density at radius 3 is 2.59 bits per heavy atom. The summed E-state index contributed by atoms with van der Waals surface area (Å²) in [6, 6.07) is 2.48. The Balaban J connectivity index is 2.02. The molecule has 1 saturated heterocycles. The first-order chi connectivity index (χ1) is 12.5. The zero-order valence-electron chi connectivity index (χ0n) is 14.3. The summed E-state index contributed by atoms with van der Waals surface area (Å²) in [5, 5.41) is 22.3. The molecule has 1 aliphatic heterocycles. The van der Waals surface area contributed by atoms with Gasteiger partial charge in [0.1, 0.15) is 6.04 Å². The minimum atomic E-state index is -4.63. The molecule has 0 aliphatic carbocycles. The molecular weight excluding hydrogens is 389 g/mol. The lowest BCUT2D eigenvalue weighted by Crippen LogP contribution is -2.58. The minimum absolute atomic E-state index is 0.0653. The Morgan fingerprint density at radius 1 is 1.41 bits per heavy atom. The van der Waals surface area contributed by atoms with Crippen molar-refractivity contribution in [3.8, 4) is 0 Å². The van der Waals surface area contributed by atoms with Crippen molar-refractivity contribution in [2.75, 3.05) is 18.0 Å². The summed E-state index contributed by atoms with van der Waals surface area (Å²) >= 11 is 5.66. The quantitative estimate of drug-likeness (QED) is 0.517. The Kier molecular flexibility index (Phi) is 6.61. The number of rotatable bonds is 6. The first kappa shape index (κ1) is 21.3. The summed E-state index contributed by atoms with van der Waals surface area (Å²) in [4.78, 5) is 25.2. The fraction of sp³-hybridized carbons (Fsp3) is 0.467. The van der Waals surface area contributed by atoms with Gasteiger partial charge in [-0.05, 0) is 31.5 Å². The van der Waals surface area contributed by atoms with Crippen LogP contribution in [-0.2, 0) is 15.8 Å². The molecule has 2 atom stereocenters. The van der Waals surface area contributed by atoms with E-state index in [-0.39, 0.29) is 17.3 Å². The highest BCUT2D eigenvalue weighted by molar-refractivity contribution is 6.43. The van der Waals surface area contributed by atoms with Gasteiger partial charge in [-0.15, -0.1) is 0 Å². The van der Waals surface area contributed by atoms with Gasteiger partial charge in [0.2, 0.25) is 11.8 Å². The second-order valence-electron chi connectivity index (χ2n) is 6.14. The molecule has 1 aliphatic rings. The van der Waals surface area contributed by atoms with E-state index in [0.29, 0.717) is 6.42 Å². The number of nitrogens with zero attached hydrogens (tertiary/aromatic N) is 1. The molecule has 1 unspecified atom stereocenters. The second kappa shape index (κ2) is 8.36. The van der Waals surface area contributed by atoms with E-state index in [1.165, 1.54) is 24.0 Å². The maximum atomic E-state index is 13.2. The molecular formula is C15H18BClF3N3O4. The predicted octanol–water partition coefficient (Wildman–Crippen LogP) is 0.570. The summed E-state index contributed by atoms with van der Waals surface area (Å²) in [5.41, 5.74) is -1.09. The third-order valence-electron chi connectivity index (χ3n) is 4.15. The number of amides is 2. The molecule has 1 aromatic carbocycles. The van der Waals surface area contributed by atoms with Crippen LogP contribution in [0.3, 0.4) is 0 Å². The highest BCUT2D eigenvalue weighted by atomic mass is 35.5. The molecule has 2 amide bonds. The zero-order chi connectivity index (χ0) is 20.4. The molecule has 0 aromatic heterocycles. The van der Waals surface area contributed by atoms with E-state index >= 15 is 0 Å². The van der Waals surface area contributed by atoms with Crippen LogP contribution in [0.5, 0.6) is 0 Å². The Morgan fingerprint density at radius 2 is 2.07 bits per heavy atom. The molecule has 148 valence electrons. The van der Waals surface area contributed by atoms with Gasteiger partial charge in [-0.3, -0.25) is 9.59 Å². The molecule has 0 radical (unpaired) electrons. The molecule has 7 nitrogen and oxygen atoms in total. The highest BCUT2D eigenvalue weighted by Gasteiger charge is 2.41. The third-order valence-corrected chi connectivity index (χ3v) is 4.39. The van der Waals surface area contributed by atoms with Gasteiger partial charge < -0.3 is 25.6 Å². The van der Waals surface area contributed by atoms with Crippen LogP contribution < -0.4 is 15.5 Å². The number of anilines is 1. The fourth-order valence-corrected chi connectivity index (χ4v) is 2.77. The maximum absolute atomic E-state index is 13.2. The van der Waals surface area contributed by atoms with Crippen molar-refractivity contribution in [1.29, 1.82) is 0 Å². The smallest absolute Gasteiger partial charge is 0.426 e. The highest BCUT2D eigenvalue weighted by Crippen LogP contribution is 2.40. The summed E-state index contributed by atoms with van der Waals surface area (Å²) in [5.74, 6) is -2.19. The lowest BCUT2D eigenvalue weighted by Gasteiger charge is -2.42. The topological polar surface area (TPSA) is 102 Å². The normalized spacial score (nSPS) is 17.7. The van der Waals surface area contributed by atoms with E-state index in [0.717, 1.165) is 6.07 Å². The van der Waals surface area contributed by atoms with Crippen LogP contribution in [0.1, 0.15) is 18.9 Å². The Bertz CT molecular complexity index is 720. The summed E-state index contributed by atoms with van der Waals surface area (Å²) < 4.78 is 39.7. The number of hydrogen-bond acceptors (Lipinski definition) is 5. The molecule has 0 spiro atoms. The maximum Gasteiger partial charge on any atom is 0.475 e. The zero-order valence-corrected chi connectivity index (χ0v) is 15.0. The lowest BCUT2D eigenvalue weighted by atomic mass is 9.81. The van der Waals surface area contributed by atoms with E-state index in [1.54, 1.807) is 0 Å². The van der Waals surface area contributed by atoms with Crippen LogP contribution in [-0.4, -0.2) is 54.1 Å². The van der Waals surface area contributed by atoms with Gasteiger partial charge in [0, 0.05) is 17.3 Å². The number of alkyl halides is 3. The second-order valence-corrected chi connectivity index (χ2v) is 6.58. The van der Waals surface area contributed by atoms with Gasteiger partial charge in [0.25, 0.3) is 0 Å². The van der Waals surface area contributed by atoms with Crippen LogP contribution in [0.4, 0.5) is 18.9 Å². The van der Waals surface area contributed by atoms with Gasteiger partial charge in [-0.2, -0.15) is 13.2 Å². The standard InChI is InChI=1S/C15H18BClF3N3O4/c1-8(16(26)27)22-13(24)7-21-14(25)12-4-5-23(12)11-3-2-9(17)6-10(11)15(18,19)20/h2-3,6,8,12,26-27H,4-5,7H2,1H3,(H,21,25)(H,22,24)/t8?,12-/m0/s1. The van der Waals surface area contributed by atoms with Gasteiger partial charge in [-0.1, -0.05) is 11.6 Å². The molecule has 1 fully saturated rings. The van der Waals surface area contributed by atoms with Gasteiger partial charge in [-0.25, -0.2) is 0 Å². The minimum Gasteiger partial charge on any atom is -0.426 e. The number of hydrogen-bond donors (Lipinski definition) is 4. The van der Waals surface area contributed by atoms with Crippen LogP contribution in [0.25, 0.3) is 0 Å². The molecule has 27 heavy (non-hydrogen) atoms. The van der Waals surface area contributed by atoms with Crippen molar-refractivity contribution in [2.45, 2.75) is 31.5 Å². The van der Waals surface area contributed by atoms with Crippen LogP contribution in [0.2, 0.25) is 5.02 Å². The van der Waals surface area contributed by atoms with Crippen molar-refractivity contribution in [1.82, 2.24) is 10.6 Å². The summed E-state index contributed by atoms with van der Waals surface area (Å²) in [6.07, 6.45) is -4.29. The summed E-state index contributed by atoms with van der Waals surface area (Å²) in [7, 11) is -1.75. The molecule has 2 rings (SSSR count). The first-order valence-corrected chi connectivity index (χ1v) is 8.45. The van der Waals surface area contributed by atoms with Crippen LogP contribution in [0.15, 0.2) is 18.2 Å². The van der Waals surface area contributed by atoms with E-state index in [4.69, 9.17) is 21.6 Å². The van der Waals surface area contributed by atoms with E-state index in [1.807, 2.05) is 0 Å². The molecule has 1 heterocycles. The third kappa shape index (κ3) is 5.27. The predicted molar refractivity (Wildman–Crippen MR) is 93.0 cm³/mol. The lowest BCUT2D eigenvalue weighted by molar-refractivity contribution is -0.137. The van der Waals surface area contributed by atoms with Crippen molar-refractivity contribution in [2.24, 2.45) is 0 Å². The van der Waals surface area contributed by atoms with E-state index < -0.39 is 49.2 Å². The molecule has 4 N–H and O–H groups in total. The largest absolute Gasteiger partial charge is 0.475 e. The van der Waals surface area contributed by atoms with Crippen molar-refractivity contribution in [3.63, 3.8) is 0 Å². The average Bonchev–Trinajstić information content (AvgIpc) is 2.52. The first-order valence-electron chi connectivity index (χ1n) is 8.07. The van der Waals surface area contributed by atoms with E-state index in [9.17, 15) is 22.8 Å². The van der Waals surface area contributed by atoms with E-state index in [2.05, 4.69) is 10.6 Å². The molecule has 1 aromatic rings. The van der Waals surface area contributed by atoms with Crippen LogP contribution in [0, 0.1) is 0 Å². The number of halogens is 4. The van der Waals surface area contributed by atoms with Crippen molar-refractivity contribution < 1.29 is 32.8 Å². The van der Waals surface area contributed by atoms with Crippen molar-refractivity contribution in [3.05, 3.63) is 28.8 Å². The number of benzene rings is 1. The Labute approximate surface area is 158 Å². The van der Waals surface area contributed by atoms with Crippen LogP contribution >= 0.6 is 11.6 Å². The number of nitrogens with one attached hydrogen (secondary N) is 2.